The second-order valence-corrected chi connectivity index (χ2v) is 6.69. The van der Waals surface area contributed by atoms with Crippen LogP contribution in [0.4, 0.5) is 0 Å². The van der Waals surface area contributed by atoms with Crippen LogP contribution in [-0.2, 0) is 20.9 Å². The molecule has 1 fully saturated rings. The van der Waals surface area contributed by atoms with Crippen LogP contribution >= 0.6 is 0 Å². The summed E-state index contributed by atoms with van der Waals surface area (Å²) in [6.45, 7) is 4.16. The molecule has 0 saturated heterocycles. The van der Waals surface area contributed by atoms with Gasteiger partial charge in [0.2, 0.25) is 11.8 Å². The molecule has 6 heteroatoms. The number of rotatable bonds is 9. The SMILES string of the molecule is CC(=O)N(CCC(=O)N(CC(C)C(=O)O)C1CC1)Cc1ccccc1. The number of hydrogen-bond acceptors (Lipinski definition) is 3. The molecule has 0 heterocycles. The maximum Gasteiger partial charge on any atom is 0.308 e. The zero-order valence-electron chi connectivity index (χ0n) is 14.9. The van der Waals surface area contributed by atoms with Gasteiger partial charge >= 0.3 is 5.97 Å². The third-order valence-corrected chi connectivity index (χ3v) is 4.46. The van der Waals surface area contributed by atoms with Crippen molar-refractivity contribution in [3.05, 3.63) is 35.9 Å². The number of hydrogen-bond donors (Lipinski definition) is 1. The third kappa shape index (κ3) is 5.89. The standard InChI is InChI=1S/C19H26N2O4/c1-14(19(24)25)12-21(17-8-9-17)18(23)10-11-20(15(2)22)13-16-6-4-3-5-7-16/h3-7,14,17H,8-13H2,1-2H3,(H,24,25). The van der Waals surface area contributed by atoms with Gasteiger partial charge in [-0.2, -0.15) is 0 Å². The molecule has 2 rings (SSSR count). The summed E-state index contributed by atoms with van der Waals surface area (Å²) in [6, 6.07) is 9.81. The molecule has 1 aromatic carbocycles. The Bertz CT molecular complexity index is 613. The van der Waals surface area contributed by atoms with Gasteiger partial charge in [-0.15, -0.1) is 0 Å². The minimum absolute atomic E-state index is 0.0742. The highest BCUT2D eigenvalue weighted by Crippen LogP contribution is 2.28. The Morgan fingerprint density at radius 1 is 1.20 bits per heavy atom. The molecule has 1 aliphatic rings. The van der Waals surface area contributed by atoms with Crippen molar-refractivity contribution in [1.82, 2.24) is 9.80 Å². The summed E-state index contributed by atoms with van der Waals surface area (Å²) in [6.07, 6.45) is 2.08. The number of aliphatic carboxylic acids is 1. The quantitative estimate of drug-likeness (QED) is 0.743. The molecule has 6 nitrogen and oxygen atoms in total. The summed E-state index contributed by atoms with van der Waals surface area (Å²) in [5.41, 5.74) is 1.02. The largest absolute Gasteiger partial charge is 0.481 e. The third-order valence-electron chi connectivity index (χ3n) is 4.46. The second kappa shape index (κ2) is 8.65. The zero-order valence-corrected chi connectivity index (χ0v) is 14.9. The number of nitrogens with zero attached hydrogens (tertiary/aromatic N) is 2. The Morgan fingerprint density at radius 2 is 1.84 bits per heavy atom. The number of carboxylic acids is 1. The number of amides is 2. The van der Waals surface area contributed by atoms with E-state index in [1.54, 1.807) is 16.7 Å². The molecule has 1 saturated carbocycles. The van der Waals surface area contributed by atoms with E-state index in [2.05, 4.69) is 0 Å². The van der Waals surface area contributed by atoms with Crippen LogP contribution in [0.1, 0.15) is 38.7 Å². The Hall–Kier alpha value is -2.37. The van der Waals surface area contributed by atoms with E-state index in [9.17, 15) is 14.4 Å². The highest BCUT2D eigenvalue weighted by atomic mass is 16.4. The minimum atomic E-state index is -0.895. The lowest BCUT2D eigenvalue weighted by Gasteiger charge is -2.26. The van der Waals surface area contributed by atoms with Gasteiger partial charge < -0.3 is 14.9 Å². The lowest BCUT2D eigenvalue weighted by atomic mass is 10.1. The molecule has 0 bridgehead atoms. The average molecular weight is 346 g/mol. The Morgan fingerprint density at radius 3 is 2.36 bits per heavy atom. The van der Waals surface area contributed by atoms with E-state index in [0.29, 0.717) is 13.1 Å². The van der Waals surface area contributed by atoms with Crippen molar-refractivity contribution < 1.29 is 19.5 Å². The normalized spacial score (nSPS) is 14.6. The van der Waals surface area contributed by atoms with Crippen LogP contribution in [0.3, 0.4) is 0 Å². The van der Waals surface area contributed by atoms with Gasteiger partial charge in [0.25, 0.3) is 0 Å². The molecule has 1 unspecified atom stereocenters. The summed E-state index contributed by atoms with van der Waals surface area (Å²) in [5.74, 6) is -1.63. The number of carboxylic acid groups (broad SMARTS) is 1. The van der Waals surface area contributed by atoms with Gasteiger partial charge in [-0.1, -0.05) is 37.3 Å². The van der Waals surface area contributed by atoms with Crippen molar-refractivity contribution in [2.24, 2.45) is 5.92 Å². The van der Waals surface area contributed by atoms with Gasteiger partial charge in [0.05, 0.1) is 5.92 Å². The molecule has 0 aliphatic heterocycles. The molecule has 1 N–H and O–H groups in total. The van der Waals surface area contributed by atoms with Crippen molar-refractivity contribution in [1.29, 1.82) is 0 Å². The van der Waals surface area contributed by atoms with Gasteiger partial charge in [0, 0.05) is 39.0 Å². The molecule has 1 aliphatic carbocycles. The first kappa shape index (κ1) is 19.0. The minimum Gasteiger partial charge on any atom is -0.481 e. The van der Waals surface area contributed by atoms with Crippen LogP contribution in [0.25, 0.3) is 0 Å². The molecule has 1 atom stereocenters. The van der Waals surface area contributed by atoms with E-state index >= 15 is 0 Å². The van der Waals surface area contributed by atoms with Crippen molar-refractivity contribution in [3.63, 3.8) is 0 Å². The van der Waals surface area contributed by atoms with E-state index in [4.69, 9.17) is 5.11 Å². The van der Waals surface area contributed by atoms with E-state index in [1.807, 2.05) is 30.3 Å². The van der Waals surface area contributed by atoms with Crippen LogP contribution in [0.5, 0.6) is 0 Å². The summed E-state index contributed by atoms with van der Waals surface area (Å²) < 4.78 is 0. The first-order chi connectivity index (χ1) is 11.9. The maximum atomic E-state index is 12.6. The summed E-state index contributed by atoms with van der Waals surface area (Å²) >= 11 is 0. The van der Waals surface area contributed by atoms with Gasteiger partial charge in [-0.3, -0.25) is 14.4 Å². The molecule has 1 aromatic rings. The molecule has 25 heavy (non-hydrogen) atoms. The Labute approximate surface area is 148 Å². The first-order valence-corrected chi connectivity index (χ1v) is 8.70. The van der Waals surface area contributed by atoms with Crippen molar-refractivity contribution in [3.8, 4) is 0 Å². The zero-order chi connectivity index (χ0) is 18.4. The van der Waals surface area contributed by atoms with Crippen LogP contribution in [0.2, 0.25) is 0 Å². The summed E-state index contributed by atoms with van der Waals surface area (Å²) in [5, 5.41) is 9.08. The van der Waals surface area contributed by atoms with Gasteiger partial charge in [-0.05, 0) is 18.4 Å². The lowest BCUT2D eigenvalue weighted by Crippen LogP contribution is -2.40. The highest BCUT2D eigenvalue weighted by Gasteiger charge is 2.34. The monoisotopic (exact) mass is 346 g/mol. The molecular weight excluding hydrogens is 320 g/mol. The lowest BCUT2D eigenvalue weighted by molar-refractivity contribution is -0.143. The number of benzene rings is 1. The molecular formula is C19H26N2O4. The van der Waals surface area contributed by atoms with E-state index in [-0.39, 0.29) is 30.8 Å². The molecule has 0 spiro atoms. The van der Waals surface area contributed by atoms with E-state index in [0.717, 1.165) is 18.4 Å². The van der Waals surface area contributed by atoms with Crippen LogP contribution in [-0.4, -0.2) is 51.8 Å². The Kier molecular flexibility index (Phi) is 6.56. The topological polar surface area (TPSA) is 77.9 Å². The fourth-order valence-corrected chi connectivity index (χ4v) is 2.74. The van der Waals surface area contributed by atoms with Crippen LogP contribution < -0.4 is 0 Å². The first-order valence-electron chi connectivity index (χ1n) is 8.70. The Balaban J connectivity index is 1.92. The average Bonchev–Trinajstić information content (AvgIpc) is 3.41. The van der Waals surface area contributed by atoms with Gasteiger partial charge in [0.1, 0.15) is 0 Å². The van der Waals surface area contributed by atoms with Gasteiger partial charge in [-0.25, -0.2) is 0 Å². The van der Waals surface area contributed by atoms with Crippen molar-refractivity contribution >= 4 is 17.8 Å². The molecule has 0 radical (unpaired) electrons. The predicted octanol–water partition coefficient (Wildman–Crippen LogP) is 2.14. The van der Waals surface area contributed by atoms with Crippen LogP contribution in [0, 0.1) is 5.92 Å². The predicted molar refractivity (Wildman–Crippen MR) is 93.7 cm³/mol. The van der Waals surface area contributed by atoms with E-state index < -0.39 is 11.9 Å². The van der Waals surface area contributed by atoms with Crippen LogP contribution in [0.15, 0.2) is 30.3 Å². The fraction of sp³-hybridized carbons (Fsp3) is 0.526. The van der Waals surface area contributed by atoms with Crippen molar-refractivity contribution in [2.75, 3.05) is 13.1 Å². The molecule has 0 aromatic heterocycles. The van der Waals surface area contributed by atoms with E-state index in [1.165, 1.54) is 6.92 Å². The number of carbonyl (C=O) groups excluding carboxylic acids is 2. The molecule has 136 valence electrons. The van der Waals surface area contributed by atoms with Gasteiger partial charge in [0.15, 0.2) is 0 Å². The maximum absolute atomic E-state index is 12.6. The highest BCUT2D eigenvalue weighted by molar-refractivity contribution is 5.79. The van der Waals surface area contributed by atoms with Crippen molar-refractivity contribution in [2.45, 2.75) is 45.7 Å². The second-order valence-electron chi connectivity index (χ2n) is 6.69. The number of carbonyl (C=O) groups is 3. The summed E-state index contributed by atoms with van der Waals surface area (Å²) in [7, 11) is 0. The smallest absolute Gasteiger partial charge is 0.308 e. The molecule has 2 amide bonds. The fourth-order valence-electron chi connectivity index (χ4n) is 2.74. The summed E-state index contributed by atoms with van der Waals surface area (Å²) in [4.78, 5) is 38.8.